The Balaban J connectivity index is 1.69. The molecule has 0 fully saturated rings. The van der Waals surface area contributed by atoms with Gasteiger partial charge in [0.1, 0.15) is 16.7 Å². The van der Waals surface area contributed by atoms with Gasteiger partial charge in [-0.25, -0.2) is 8.42 Å². The maximum absolute atomic E-state index is 12.6. The maximum atomic E-state index is 12.6. The van der Waals surface area contributed by atoms with E-state index in [4.69, 9.17) is 4.74 Å². The molecule has 0 saturated heterocycles. The summed E-state index contributed by atoms with van der Waals surface area (Å²) in [6.45, 7) is 0.547. The molecule has 0 aliphatic carbocycles. The van der Waals surface area contributed by atoms with E-state index < -0.39 is 9.84 Å². The predicted octanol–water partition coefficient (Wildman–Crippen LogP) is 4.65. The molecule has 3 rings (SSSR count). The molecule has 28 heavy (non-hydrogen) atoms. The molecule has 0 spiro atoms. The number of nitrogens with zero attached hydrogens (tertiary/aromatic N) is 1. The van der Waals surface area contributed by atoms with Gasteiger partial charge >= 0.3 is 0 Å². The van der Waals surface area contributed by atoms with Crippen molar-refractivity contribution in [2.45, 2.75) is 11.3 Å². The number of benzene rings is 3. The number of ether oxygens (including phenoxy) is 1. The first-order valence-electron chi connectivity index (χ1n) is 8.78. The molecule has 3 aromatic carbocycles. The minimum absolute atomic E-state index is 0.101. The van der Waals surface area contributed by atoms with Crippen molar-refractivity contribution in [2.75, 3.05) is 6.61 Å². The van der Waals surface area contributed by atoms with E-state index in [1.807, 2.05) is 30.3 Å². The van der Waals surface area contributed by atoms with Crippen molar-refractivity contribution in [3.8, 4) is 11.8 Å². The van der Waals surface area contributed by atoms with Gasteiger partial charge in [0, 0.05) is 6.42 Å². The molecule has 0 amide bonds. The summed E-state index contributed by atoms with van der Waals surface area (Å²) in [6, 6.07) is 26.8. The standard InChI is InChI=1S/C23H19NO3S/c24-18-23(28(25,26)22-9-5-2-6-10-22)17-20-11-13-21(14-12-20)27-16-15-19-7-3-1-4-8-19/h1-14,17H,15-16H2/b23-17+. The van der Waals surface area contributed by atoms with Crippen LogP contribution in [0.4, 0.5) is 0 Å². The van der Waals surface area contributed by atoms with E-state index in [9.17, 15) is 13.7 Å². The van der Waals surface area contributed by atoms with Crippen LogP contribution in [0.3, 0.4) is 0 Å². The summed E-state index contributed by atoms with van der Waals surface area (Å²) < 4.78 is 30.9. The van der Waals surface area contributed by atoms with Crippen LogP contribution in [0.25, 0.3) is 6.08 Å². The van der Waals surface area contributed by atoms with E-state index in [-0.39, 0.29) is 9.80 Å². The Kier molecular flexibility index (Phi) is 6.25. The molecule has 0 bridgehead atoms. The molecule has 3 aromatic rings. The van der Waals surface area contributed by atoms with Crippen molar-refractivity contribution < 1.29 is 13.2 Å². The van der Waals surface area contributed by atoms with Crippen molar-refractivity contribution in [1.29, 1.82) is 5.26 Å². The highest BCUT2D eigenvalue weighted by molar-refractivity contribution is 7.95. The van der Waals surface area contributed by atoms with Gasteiger partial charge in [-0.2, -0.15) is 5.26 Å². The zero-order valence-electron chi connectivity index (χ0n) is 15.2. The summed E-state index contributed by atoms with van der Waals surface area (Å²) in [5.41, 5.74) is 1.82. The fourth-order valence-electron chi connectivity index (χ4n) is 2.64. The second-order valence-corrected chi connectivity index (χ2v) is 8.01. The number of hydrogen-bond acceptors (Lipinski definition) is 4. The highest BCUT2D eigenvalue weighted by atomic mass is 32.2. The van der Waals surface area contributed by atoms with Crippen molar-refractivity contribution in [3.05, 3.63) is 101 Å². The van der Waals surface area contributed by atoms with Gasteiger partial charge in [0.25, 0.3) is 0 Å². The van der Waals surface area contributed by atoms with Gasteiger partial charge < -0.3 is 4.74 Å². The first-order chi connectivity index (χ1) is 13.6. The molecule has 0 unspecified atom stereocenters. The van der Waals surface area contributed by atoms with Gasteiger partial charge in [0.05, 0.1) is 11.5 Å². The average Bonchev–Trinajstić information content (AvgIpc) is 2.74. The fourth-order valence-corrected chi connectivity index (χ4v) is 3.82. The van der Waals surface area contributed by atoms with Crippen LogP contribution in [-0.2, 0) is 16.3 Å². The zero-order valence-corrected chi connectivity index (χ0v) is 16.0. The third kappa shape index (κ3) is 4.87. The summed E-state index contributed by atoms with van der Waals surface area (Å²) in [6.07, 6.45) is 2.17. The highest BCUT2D eigenvalue weighted by Crippen LogP contribution is 2.22. The molecule has 5 heteroatoms. The Morgan fingerprint density at radius 2 is 1.50 bits per heavy atom. The molecule has 0 N–H and O–H groups in total. The van der Waals surface area contributed by atoms with Gasteiger partial charge in [-0.15, -0.1) is 0 Å². The third-order valence-corrected chi connectivity index (χ3v) is 5.81. The molecule has 0 aromatic heterocycles. The second kappa shape index (κ2) is 9.03. The van der Waals surface area contributed by atoms with Crippen LogP contribution in [0.2, 0.25) is 0 Å². The van der Waals surface area contributed by atoms with Gasteiger partial charge in [-0.3, -0.25) is 0 Å². The van der Waals surface area contributed by atoms with Crippen LogP contribution < -0.4 is 4.74 Å². The molecular formula is C23H19NO3S. The number of hydrogen-bond donors (Lipinski definition) is 0. The van der Waals surface area contributed by atoms with E-state index in [2.05, 4.69) is 0 Å². The largest absolute Gasteiger partial charge is 0.493 e. The van der Waals surface area contributed by atoms with Crippen LogP contribution in [0.1, 0.15) is 11.1 Å². The van der Waals surface area contributed by atoms with E-state index in [0.29, 0.717) is 17.9 Å². The van der Waals surface area contributed by atoms with Crippen molar-refractivity contribution in [1.82, 2.24) is 0 Å². The average molecular weight is 389 g/mol. The maximum Gasteiger partial charge on any atom is 0.216 e. The quantitative estimate of drug-likeness (QED) is 0.552. The number of rotatable bonds is 7. The van der Waals surface area contributed by atoms with Crippen LogP contribution in [0.15, 0.2) is 94.7 Å². The molecule has 0 atom stereocenters. The summed E-state index contributed by atoms with van der Waals surface area (Å²) >= 11 is 0. The SMILES string of the molecule is N#C/C(=C\c1ccc(OCCc2ccccc2)cc1)S(=O)(=O)c1ccccc1. The predicted molar refractivity (Wildman–Crippen MR) is 109 cm³/mol. The molecule has 140 valence electrons. The van der Waals surface area contributed by atoms with Gasteiger partial charge in [-0.1, -0.05) is 60.7 Å². The fraction of sp³-hybridized carbons (Fsp3) is 0.0870. The Hall–Kier alpha value is -3.36. The lowest BCUT2D eigenvalue weighted by atomic mass is 10.2. The first kappa shape index (κ1) is 19.4. The Labute approximate surface area is 165 Å². The molecule has 0 aliphatic heterocycles. The minimum atomic E-state index is -3.84. The zero-order chi connectivity index (χ0) is 19.8. The van der Waals surface area contributed by atoms with Crippen molar-refractivity contribution >= 4 is 15.9 Å². The highest BCUT2D eigenvalue weighted by Gasteiger charge is 2.20. The topological polar surface area (TPSA) is 67.2 Å². The summed E-state index contributed by atoms with van der Waals surface area (Å²) in [5.74, 6) is 0.692. The lowest BCUT2D eigenvalue weighted by Gasteiger charge is -2.07. The summed E-state index contributed by atoms with van der Waals surface area (Å²) in [5, 5.41) is 9.34. The smallest absolute Gasteiger partial charge is 0.216 e. The van der Waals surface area contributed by atoms with Gasteiger partial charge in [0.15, 0.2) is 0 Å². The second-order valence-electron chi connectivity index (χ2n) is 6.09. The van der Waals surface area contributed by atoms with E-state index in [1.54, 1.807) is 48.5 Å². The lowest BCUT2D eigenvalue weighted by Crippen LogP contribution is -2.03. The van der Waals surface area contributed by atoms with Gasteiger partial charge in [-0.05, 0) is 41.5 Å². The molecule has 0 heterocycles. The number of nitriles is 1. The van der Waals surface area contributed by atoms with Crippen LogP contribution in [0.5, 0.6) is 5.75 Å². The third-order valence-electron chi connectivity index (χ3n) is 4.13. The molecule has 0 radical (unpaired) electrons. The van der Waals surface area contributed by atoms with Crippen molar-refractivity contribution in [3.63, 3.8) is 0 Å². The van der Waals surface area contributed by atoms with Crippen LogP contribution >= 0.6 is 0 Å². The number of sulfone groups is 1. The van der Waals surface area contributed by atoms with E-state index in [0.717, 1.165) is 6.42 Å². The summed E-state index contributed by atoms with van der Waals surface area (Å²) in [7, 11) is -3.84. The molecule has 4 nitrogen and oxygen atoms in total. The van der Waals surface area contributed by atoms with Gasteiger partial charge in [0.2, 0.25) is 9.84 Å². The summed E-state index contributed by atoms with van der Waals surface area (Å²) in [4.78, 5) is -0.194. The monoisotopic (exact) mass is 389 g/mol. The lowest BCUT2D eigenvalue weighted by molar-refractivity contribution is 0.322. The Morgan fingerprint density at radius 3 is 2.11 bits per heavy atom. The molecule has 0 saturated carbocycles. The Morgan fingerprint density at radius 1 is 0.893 bits per heavy atom. The van der Waals surface area contributed by atoms with Crippen LogP contribution in [0, 0.1) is 11.3 Å². The minimum Gasteiger partial charge on any atom is -0.493 e. The Bertz CT molecular complexity index is 1080. The van der Waals surface area contributed by atoms with E-state index in [1.165, 1.54) is 23.8 Å². The normalized spacial score (nSPS) is 11.6. The molecule has 0 aliphatic rings. The van der Waals surface area contributed by atoms with Crippen molar-refractivity contribution in [2.24, 2.45) is 0 Å². The van der Waals surface area contributed by atoms with E-state index >= 15 is 0 Å². The molecular weight excluding hydrogens is 370 g/mol. The number of allylic oxidation sites excluding steroid dienone is 1. The first-order valence-corrected chi connectivity index (χ1v) is 10.3. The van der Waals surface area contributed by atoms with Crippen LogP contribution in [-0.4, -0.2) is 15.0 Å².